The summed E-state index contributed by atoms with van der Waals surface area (Å²) in [7, 11) is 1.84. The van der Waals surface area contributed by atoms with Gasteiger partial charge in [0.15, 0.2) is 0 Å². The van der Waals surface area contributed by atoms with E-state index in [1.807, 2.05) is 44.4 Å². The Balaban J connectivity index is 1.52. The van der Waals surface area contributed by atoms with E-state index in [9.17, 15) is 4.79 Å². The lowest BCUT2D eigenvalue weighted by Crippen LogP contribution is -2.42. The van der Waals surface area contributed by atoms with Crippen LogP contribution in [0.2, 0.25) is 0 Å². The molecular formula is C24H36N4O2. The van der Waals surface area contributed by atoms with Crippen LogP contribution >= 0.6 is 0 Å². The van der Waals surface area contributed by atoms with Crippen molar-refractivity contribution >= 4 is 5.91 Å². The minimum Gasteiger partial charge on any atom is -0.490 e. The zero-order chi connectivity index (χ0) is 21.7. The Morgan fingerprint density at radius 1 is 1.27 bits per heavy atom. The Kier molecular flexibility index (Phi) is 7.19. The minimum atomic E-state index is 0.0122. The summed E-state index contributed by atoms with van der Waals surface area (Å²) in [6.45, 7) is 13.4. The zero-order valence-electron chi connectivity index (χ0n) is 19.1. The maximum absolute atomic E-state index is 12.8. The number of imidazole rings is 1. The molecule has 30 heavy (non-hydrogen) atoms. The van der Waals surface area contributed by atoms with Crippen molar-refractivity contribution in [3.8, 4) is 5.75 Å². The number of rotatable bonds is 7. The maximum Gasteiger partial charge on any atom is 0.253 e. The predicted molar refractivity (Wildman–Crippen MR) is 120 cm³/mol. The van der Waals surface area contributed by atoms with E-state index >= 15 is 0 Å². The number of hydrogen-bond acceptors (Lipinski definition) is 4. The second-order valence-corrected chi connectivity index (χ2v) is 9.58. The van der Waals surface area contributed by atoms with Crippen molar-refractivity contribution < 1.29 is 9.53 Å². The van der Waals surface area contributed by atoms with Gasteiger partial charge >= 0.3 is 0 Å². The topological polar surface area (TPSA) is 50.6 Å². The van der Waals surface area contributed by atoms with Crippen LogP contribution in [0.5, 0.6) is 5.75 Å². The van der Waals surface area contributed by atoms with Crippen LogP contribution in [0.4, 0.5) is 0 Å². The quantitative estimate of drug-likeness (QED) is 0.693. The standard InChI is InChI=1S/C24H36N4O2/c1-19-25-11-14-28(19)16-15-26(5)23(29)20-7-6-8-22(17-20)30-21-9-12-27(13-10-21)18-24(2,3)4/h6-8,11,14,17,21H,9-10,12-13,15-16,18H2,1-5H3. The number of benzene rings is 1. The molecule has 0 atom stereocenters. The highest BCUT2D eigenvalue weighted by atomic mass is 16.5. The lowest BCUT2D eigenvalue weighted by Gasteiger charge is -2.36. The molecule has 1 aromatic heterocycles. The summed E-state index contributed by atoms with van der Waals surface area (Å²) in [5.41, 5.74) is 0.993. The number of aryl methyl sites for hydroxylation is 1. The Morgan fingerprint density at radius 2 is 2.00 bits per heavy atom. The van der Waals surface area contributed by atoms with Gasteiger partial charge in [-0.3, -0.25) is 4.79 Å². The van der Waals surface area contributed by atoms with Crippen LogP contribution in [0.1, 0.15) is 49.8 Å². The number of likely N-dealkylation sites (tertiary alicyclic amines) is 1. The molecule has 6 heteroatoms. The van der Waals surface area contributed by atoms with E-state index in [1.165, 1.54) is 0 Å². The fraction of sp³-hybridized carbons (Fsp3) is 0.583. The zero-order valence-corrected chi connectivity index (χ0v) is 19.1. The van der Waals surface area contributed by atoms with Gasteiger partial charge in [0, 0.05) is 57.7 Å². The number of hydrogen-bond donors (Lipinski definition) is 0. The van der Waals surface area contributed by atoms with Gasteiger partial charge < -0.3 is 19.1 Å². The first-order valence-electron chi connectivity index (χ1n) is 10.9. The predicted octanol–water partition coefficient (Wildman–Crippen LogP) is 3.85. The van der Waals surface area contributed by atoms with Crippen molar-refractivity contribution in [2.24, 2.45) is 5.41 Å². The summed E-state index contributed by atoms with van der Waals surface area (Å²) in [6.07, 6.45) is 5.99. The second kappa shape index (κ2) is 9.65. The summed E-state index contributed by atoms with van der Waals surface area (Å²) >= 11 is 0. The van der Waals surface area contributed by atoms with Gasteiger partial charge in [0.2, 0.25) is 0 Å². The molecule has 6 nitrogen and oxygen atoms in total. The number of carbonyl (C=O) groups is 1. The number of likely N-dealkylation sites (N-methyl/N-ethyl adjacent to an activating group) is 1. The van der Waals surface area contributed by atoms with Gasteiger partial charge in [-0.2, -0.15) is 0 Å². The molecule has 0 spiro atoms. The number of amides is 1. The van der Waals surface area contributed by atoms with E-state index < -0.39 is 0 Å². The fourth-order valence-corrected chi connectivity index (χ4v) is 3.97. The molecule has 0 bridgehead atoms. The van der Waals surface area contributed by atoms with Crippen molar-refractivity contribution in [2.45, 2.75) is 53.2 Å². The van der Waals surface area contributed by atoms with Crippen molar-refractivity contribution in [3.63, 3.8) is 0 Å². The van der Waals surface area contributed by atoms with Gasteiger partial charge in [-0.25, -0.2) is 4.98 Å². The van der Waals surface area contributed by atoms with E-state index in [4.69, 9.17) is 4.74 Å². The largest absolute Gasteiger partial charge is 0.490 e. The van der Waals surface area contributed by atoms with Crippen LogP contribution in [-0.4, -0.2) is 64.6 Å². The number of aromatic nitrogens is 2. The molecule has 0 aliphatic carbocycles. The number of carbonyl (C=O) groups excluding carboxylic acids is 1. The first kappa shape index (κ1) is 22.3. The molecule has 1 aromatic carbocycles. The maximum atomic E-state index is 12.8. The molecule has 1 amide bonds. The molecule has 1 aliphatic rings. The Labute approximate surface area is 180 Å². The molecular weight excluding hydrogens is 376 g/mol. The van der Waals surface area contributed by atoms with E-state index in [1.54, 1.807) is 11.1 Å². The fourth-order valence-electron chi connectivity index (χ4n) is 3.97. The van der Waals surface area contributed by atoms with Crippen LogP contribution in [-0.2, 0) is 6.54 Å². The third-order valence-corrected chi connectivity index (χ3v) is 5.56. The van der Waals surface area contributed by atoms with Crippen LogP contribution in [0.25, 0.3) is 0 Å². The Morgan fingerprint density at radius 3 is 2.63 bits per heavy atom. The highest BCUT2D eigenvalue weighted by Gasteiger charge is 2.24. The minimum absolute atomic E-state index is 0.0122. The van der Waals surface area contributed by atoms with Gasteiger partial charge in [-0.15, -0.1) is 0 Å². The van der Waals surface area contributed by atoms with Crippen LogP contribution < -0.4 is 4.74 Å². The molecule has 2 aromatic rings. The second-order valence-electron chi connectivity index (χ2n) is 9.58. The molecule has 0 radical (unpaired) electrons. The third kappa shape index (κ3) is 6.33. The van der Waals surface area contributed by atoms with Crippen LogP contribution in [0, 0.1) is 12.3 Å². The summed E-state index contributed by atoms with van der Waals surface area (Å²) < 4.78 is 8.28. The Bertz CT molecular complexity index is 832. The summed E-state index contributed by atoms with van der Waals surface area (Å²) in [6, 6.07) is 7.60. The summed E-state index contributed by atoms with van der Waals surface area (Å²) in [4.78, 5) is 21.4. The first-order valence-corrected chi connectivity index (χ1v) is 10.9. The van der Waals surface area contributed by atoms with Gasteiger partial charge in [-0.1, -0.05) is 26.8 Å². The number of nitrogens with zero attached hydrogens (tertiary/aromatic N) is 4. The average Bonchev–Trinajstić information content (AvgIpc) is 3.11. The molecule has 164 valence electrons. The first-order chi connectivity index (χ1) is 14.2. The normalized spacial score (nSPS) is 15.9. The van der Waals surface area contributed by atoms with Gasteiger partial charge in [-0.05, 0) is 43.4 Å². The SMILES string of the molecule is Cc1nccn1CCN(C)C(=O)c1cccc(OC2CCN(CC(C)(C)C)CC2)c1. The smallest absolute Gasteiger partial charge is 0.253 e. The van der Waals surface area contributed by atoms with Crippen LogP contribution in [0.15, 0.2) is 36.7 Å². The summed E-state index contributed by atoms with van der Waals surface area (Å²) in [5, 5.41) is 0. The molecule has 0 unspecified atom stereocenters. The average molecular weight is 413 g/mol. The molecule has 3 rings (SSSR count). The van der Waals surface area contributed by atoms with E-state index in [2.05, 4.69) is 35.2 Å². The van der Waals surface area contributed by atoms with E-state index in [0.29, 0.717) is 17.5 Å². The highest BCUT2D eigenvalue weighted by molar-refractivity contribution is 5.94. The highest BCUT2D eigenvalue weighted by Crippen LogP contribution is 2.23. The number of piperidine rings is 1. The van der Waals surface area contributed by atoms with E-state index in [0.717, 1.165) is 50.6 Å². The van der Waals surface area contributed by atoms with Gasteiger partial charge in [0.25, 0.3) is 5.91 Å². The van der Waals surface area contributed by atoms with Crippen molar-refractivity contribution in [3.05, 3.63) is 48.0 Å². The van der Waals surface area contributed by atoms with Crippen molar-refractivity contribution in [1.82, 2.24) is 19.4 Å². The third-order valence-electron chi connectivity index (χ3n) is 5.56. The molecule has 2 heterocycles. The molecule has 1 aliphatic heterocycles. The van der Waals surface area contributed by atoms with Crippen LogP contribution in [0.3, 0.4) is 0 Å². The van der Waals surface area contributed by atoms with Crippen molar-refractivity contribution in [2.75, 3.05) is 33.2 Å². The summed E-state index contributed by atoms with van der Waals surface area (Å²) in [5.74, 6) is 1.76. The van der Waals surface area contributed by atoms with Gasteiger partial charge in [0.1, 0.15) is 17.7 Å². The van der Waals surface area contributed by atoms with Crippen molar-refractivity contribution in [1.29, 1.82) is 0 Å². The van der Waals surface area contributed by atoms with Gasteiger partial charge in [0.05, 0.1) is 0 Å². The monoisotopic (exact) mass is 412 g/mol. The molecule has 1 saturated heterocycles. The molecule has 0 saturated carbocycles. The lowest BCUT2D eigenvalue weighted by atomic mass is 9.94. The number of ether oxygens (including phenoxy) is 1. The molecule has 0 N–H and O–H groups in total. The van der Waals surface area contributed by atoms with E-state index in [-0.39, 0.29) is 12.0 Å². The lowest BCUT2D eigenvalue weighted by molar-refractivity contribution is 0.0777. The molecule has 1 fully saturated rings. The Hall–Kier alpha value is -2.34.